The summed E-state index contributed by atoms with van der Waals surface area (Å²) in [5.41, 5.74) is 4.14. The second-order valence-corrected chi connectivity index (χ2v) is 5.73. The molecule has 0 radical (unpaired) electrons. The molecule has 0 aliphatic heterocycles. The Balaban J connectivity index is 2.16. The van der Waals surface area contributed by atoms with E-state index in [-0.39, 0.29) is 5.41 Å². The van der Waals surface area contributed by atoms with Crippen molar-refractivity contribution in [1.29, 1.82) is 0 Å². The Bertz CT molecular complexity index is 471. The van der Waals surface area contributed by atoms with Gasteiger partial charge in [0.1, 0.15) is 12.4 Å². The summed E-state index contributed by atoms with van der Waals surface area (Å²) >= 11 is 1.59. The number of rotatable bonds is 3. The van der Waals surface area contributed by atoms with Crippen molar-refractivity contribution in [3.05, 3.63) is 46.4 Å². The van der Waals surface area contributed by atoms with E-state index in [0.29, 0.717) is 6.61 Å². The standard InChI is InChI=1S/C14H17NOS/c1-14(2,3)12-6-4-5-7-13(12)16-8-11-9-17-10-15-11/h4-7,9-10H,8H2,1-3H3. The molecule has 17 heavy (non-hydrogen) atoms. The fraction of sp³-hybridized carbons (Fsp3) is 0.357. The van der Waals surface area contributed by atoms with Crippen molar-refractivity contribution in [1.82, 2.24) is 4.98 Å². The first kappa shape index (κ1) is 12.1. The predicted octanol–water partition coefficient (Wildman–Crippen LogP) is 4.02. The van der Waals surface area contributed by atoms with Crippen LogP contribution in [0.25, 0.3) is 0 Å². The van der Waals surface area contributed by atoms with E-state index in [1.54, 1.807) is 11.3 Å². The largest absolute Gasteiger partial charge is 0.487 e. The van der Waals surface area contributed by atoms with Crippen LogP contribution in [0.4, 0.5) is 0 Å². The highest BCUT2D eigenvalue weighted by Gasteiger charge is 2.18. The van der Waals surface area contributed by atoms with Crippen LogP contribution in [0.5, 0.6) is 5.75 Å². The van der Waals surface area contributed by atoms with Crippen molar-refractivity contribution in [3.8, 4) is 5.75 Å². The average Bonchev–Trinajstić information content (AvgIpc) is 2.78. The van der Waals surface area contributed by atoms with Crippen molar-refractivity contribution < 1.29 is 4.74 Å². The molecule has 2 aromatic rings. The van der Waals surface area contributed by atoms with Gasteiger partial charge in [0.05, 0.1) is 11.2 Å². The minimum atomic E-state index is 0.0959. The van der Waals surface area contributed by atoms with E-state index in [4.69, 9.17) is 4.74 Å². The topological polar surface area (TPSA) is 22.1 Å². The number of hydrogen-bond donors (Lipinski definition) is 0. The summed E-state index contributed by atoms with van der Waals surface area (Å²) in [7, 11) is 0. The number of para-hydroxylation sites is 1. The lowest BCUT2D eigenvalue weighted by atomic mass is 9.86. The second kappa shape index (κ2) is 4.88. The maximum atomic E-state index is 5.85. The molecule has 90 valence electrons. The van der Waals surface area contributed by atoms with Gasteiger partial charge in [-0.3, -0.25) is 0 Å². The third kappa shape index (κ3) is 3.07. The van der Waals surface area contributed by atoms with Crippen LogP contribution in [0.3, 0.4) is 0 Å². The molecular formula is C14H17NOS. The summed E-state index contributed by atoms with van der Waals surface area (Å²) in [6.07, 6.45) is 0. The predicted molar refractivity (Wildman–Crippen MR) is 71.6 cm³/mol. The van der Waals surface area contributed by atoms with Gasteiger partial charge in [-0.15, -0.1) is 11.3 Å². The lowest BCUT2D eigenvalue weighted by Crippen LogP contribution is -2.13. The average molecular weight is 247 g/mol. The van der Waals surface area contributed by atoms with Crippen molar-refractivity contribution in [2.75, 3.05) is 0 Å². The van der Waals surface area contributed by atoms with E-state index in [1.807, 2.05) is 23.0 Å². The molecule has 3 heteroatoms. The first-order valence-electron chi connectivity index (χ1n) is 5.67. The fourth-order valence-corrected chi connectivity index (χ4v) is 2.22. The maximum Gasteiger partial charge on any atom is 0.131 e. The zero-order chi connectivity index (χ0) is 12.3. The number of aromatic nitrogens is 1. The smallest absolute Gasteiger partial charge is 0.131 e. The van der Waals surface area contributed by atoms with Gasteiger partial charge in [-0.25, -0.2) is 4.98 Å². The highest BCUT2D eigenvalue weighted by Crippen LogP contribution is 2.31. The Morgan fingerprint density at radius 1 is 1.24 bits per heavy atom. The Hall–Kier alpha value is -1.35. The van der Waals surface area contributed by atoms with Crippen LogP contribution in [0.15, 0.2) is 35.2 Å². The lowest BCUT2D eigenvalue weighted by molar-refractivity contribution is 0.294. The molecule has 2 rings (SSSR count). The quantitative estimate of drug-likeness (QED) is 0.817. The molecule has 0 aliphatic rings. The van der Waals surface area contributed by atoms with Crippen LogP contribution in [0, 0.1) is 0 Å². The van der Waals surface area contributed by atoms with E-state index < -0.39 is 0 Å². The van der Waals surface area contributed by atoms with Gasteiger partial charge in [0.15, 0.2) is 0 Å². The molecule has 1 aromatic carbocycles. The number of thiazole rings is 1. The molecule has 0 N–H and O–H groups in total. The molecule has 0 atom stereocenters. The summed E-state index contributed by atoms with van der Waals surface area (Å²) in [5, 5.41) is 2.01. The van der Waals surface area contributed by atoms with Gasteiger partial charge in [0, 0.05) is 5.38 Å². The van der Waals surface area contributed by atoms with E-state index >= 15 is 0 Å². The molecule has 0 unspecified atom stereocenters. The van der Waals surface area contributed by atoms with Crippen LogP contribution >= 0.6 is 11.3 Å². The minimum Gasteiger partial charge on any atom is -0.487 e. The third-order valence-corrected chi connectivity index (χ3v) is 3.19. The van der Waals surface area contributed by atoms with E-state index in [1.165, 1.54) is 5.56 Å². The van der Waals surface area contributed by atoms with Gasteiger partial charge in [0.25, 0.3) is 0 Å². The monoisotopic (exact) mass is 247 g/mol. The van der Waals surface area contributed by atoms with Crippen LogP contribution < -0.4 is 4.74 Å². The van der Waals surface area contributed by atoms with Gasteiger partial charge in [-0.1, -0.05) is 39.0 Å². The summed E-state index contributed by atoms with van der Waals surface area (Å²) in [4.78, 5) is 4.22. The first-order valence-corrected chi connectivity index (χ1v) is 6.61. The molecule has 0 bridgehead atoms. The molecule has 0 aliphatic carbocycles. The normalized spacial score (nSPS) is 11.5. The zero-order valence-corrected chi connectivity index (χ0v) is 11.3. The summed E-state index contributed by atoms with van der Waals surface area (Å²) in [6, 6.07) is 8.20. The van der Waals surface area contributed by atoms with E-state index in [9.17, 15) is 0 Å². The van der Waals surface area contributed by atoms with Crippen molar-refractivity contribution in [2.45, 2.75) is 32.8 Å². The minimum absolute atomic E-state index is 0.0959. The maximum absolute atomic E-state index is 5.85. The lowest BCUT2D eigenvalue weighted by Gasteiger charge is -2.22. The SMILES string of the molecule is CC(C)(C)c1ccccc1OCc1cscn1. The Labute approximate surface area is 106 Å². The Kier molecular flexibility index (Phi) is 3.48. The van der Waals surface area contributed by atoms with E-state index in [2.05, 4.69) is 37.9 Å². The van der Waals surface area contributed by atoms with Crippen molar-refractivity contribution in [2.24, 2.45) is 0 Å². The molecule has 2 nitrogen and oxygen atoms in total. The summed E-state index contributed by atoms with van der Waals surface area (Å²) in [6.45, 7) is 7.12. The van der Waals surface area contributed by atoms with Gasteiger partial charge in [-0.2, -0.15) is 0 Å². The van der Waals surface area contributed by atoms with Gasteiger partial charge in [-0.05, 0) is 17.0 Å². The third-order valence-electron chi connectivity index (χ3n) is 2.55. The van der Waals surface area contributed by atoms with Crippen molar-refractivity contribution >= 4 is 11.3 Å². The van der Waals surface area contributed by atoms with Gasteiger partial charge in [0.2, 0.25) is 0 Å². The van der Waals surface area contributed by atoms with Gasteiger partial charge < -0.3 is 4.74 Å². The number of benzene rings is 1. The fourth-order valence-electron chi connectivity index (χ4n) is 1.67. The number of nitrogens with zero attached hydrogens (tertiary/aromatic N) is 1. The molecule has 0 amide bonds. The highest BCUT2D eigenvalue weighted by atomic mass is 32.1. The van der Waals surface area contributed by atoms with Crippen LogP contribution in [-0.4, -0.2) is 4.98 Å². The molecule has 1 heterocycles. The van der Waals surface area contributed by atoms with Crippen molar-refractivity contribution in [3.63, 3.8) is 0 Å². The molecule has 1 aromatic heterocycles. The first-order chi connectivity index (χ1) is 8.07. The Morgan fingerprint density at radius 3 is 2.65 bits per heavy atom. The number of ether oxygens (including phenoxy) is 1. The molecule has 0 fully saturated rings. The van der Waals surface area contributed by atoms with Gasteiger partial charge >= 0.3 is 0 Å². The molecular weight excluding hydrogens is 230 g/mol. The summed E-state index contributed by atoms with van der Waals surface area (Å²) in [5.74, 6) is 0.952. The highest BCUT2D eigenvalue weighted by molar-refractivity contribution is 7.07. The summed E-state index contributed by atoms with van der Waals surface area (Å²) < 4.78 is 5.85. The van der Waals surface area contributed by atoms with E-state index in [0.717, 1.165) is 11.4 Å². The van der Waals surface area contributed by atoms with Crippen LogP contribution in [0.1, 0.15) is 32.0 Å². The van der Waals surface area contributed by atoms with Crippen LogP contribution in [0.2, 0.25) is 0 Å². The second-order valence-electron chi connectivity index (χ2n) is 5.01. The Morgan fingerprint density at radius 2 is 2.00 bits per heavy atom. The molecule has 0 saturated heterocycles. The zero-order valence-electron chi connectivity index (χ0n) is 10.4. The molecule has 0 spiro atoms. The van der Waals surface area contributed by atoms with Crippen LogP contribution in [-0.2, 0) is 12.0 Å². The molecule has 0 saturated carbocycles. The number of hydrogen-bond acceptors (Lipinski definition) is 3.